The Bertz CT molecular complexity index is 618. The van der Waals surface area contributed by atoms with Gasteiger partial charge in [0, 0.05) is 36.5 Å². The number of hydrogen-bond donors (Lipinski definition) is 0. The largest absolute Gasteiger partial charge is 0.383 e. The highest BCUT2D eigenvalue weighted by Gasteiger charge is 2.21. The second-order valence-electron chi connectivity index (χ2n) is 6.48. The summed E-state index contributed by atoms with van der Waals surface area (Å²) in [4.78, 5) is 8.24. The van der Waals surface area contributed by atoms with E-state index in [1.54, 1.807) is 7.11 Å². The van der Waals surface area contributed by atoms with Gasteiger partial charge in [0.15, 0.2) is 0 Å². The molecule has 2 aromatic rings. The van der Waals surface area contributed by atoms with E-state index in [2.05, 4.69) is 45.6 Å². The number of rotatable bonds is 7. The Hall–Kier alpha value is -1.30. The molecule has 1 aliphatic rings. The smallest absolute Gasteiger partial charge is 0.0949 e. The average Bonchev–Trinajstić information content (AvgIpc) is 3.04. The Balaban J connectivity index is 1.47. The summed E-state index contributed by atoms with van der Waals surface area (Å²) in [6, 6.07) is 8.92. The fourth-order valence-corrected chi connectivity index (χ4v) is 4.22. The van der Waals surface area contributed by atoms with Crippen molar-refractivity contribution >= 4 is 11.8 Å². The minimum atomic E-state index is 0.735. The molecule has 0 bridgehead atoms. The van der Waals surface area contributed by atoms with E-state index in [9.17, 15) is 0 Å². The molecule has 0 aliphatic carbocycles. The van der Waals surface area contributed by atoms with Gasteiger partial charge in [-0.2, -0.15) is 0 Å². The number of thioether (sulfide) groups is 1. The normalized spacial score (nSPS) is 16.6. The van der Waals surface area contributed by atoms with Crippen LogP contribution in [-0.4, -0.2) is 46.5 Å². The number of piperidine rings is 1. The van der Waals surface area contributed by atoms with Crippen LogP contribution < -0.4 is 0 Å². The predicted octanol–water partition coefficient (Wildman–Crippen LogP) is 3.59. The first-order valence-corrected chi connectivity index (χ1v) is 9.56. The molecule has 2 heterocycles. The summed E-state index contributed by atoms with van der Waals surface area (Å²) in [5.41, 5.74) is 2.62. The second-order valence-corrected chi connectivity index (χ2v) is 7.85. The standard InChI is InChI=1S/C19H27N3OS/c1-16-3-5-18(6-4-16)24-19-7-9-21(10-8-19)14-17-13-20-15-22(17)11-12-23-2/h3-6,13,15,19H,7-12,14H2,1-2H3. The predicted molar refractivity (Wildman–Crippen MR) is 99.4 cm³/mol. The molecule has 24 heavy (non-hydrogen) atoms. The molecule has 1 fully saturated rings. The number of nitrogens with zero attached hydrogens (tertiary/aromatic N) is 3. The molecule has 0 radical (unpaired) electrons. The van der Waals surface area contributed by atoms with Crippen molar-refractivity contribution in [3.8, 4) is 0 Å². The van der Waals surface area contributed by atoms with Crippen molar-refractivity contribution in [3.63, 3.8) is 0 Å². The van der Waals surface area contributed by atoms with E-state index in [1.807, 2.05) is 24.3 Å². The lowest BCUT2D eigenvalue weighted by Crippen LogP contribution is -2.34. The van der Waals surface area contributed by atoms with Crippen LogP contribution in [0.3, 0.4) is 0 Å². The summed E-state index contributed by atoms with van der Waals surface area (Å²) in [6.07, 6.45) is 6.41. The van der Waals surface area contributed by atoms with Gasteiger partial charge in [0.05, 0.1) is 18.6 Å². The third-order valence-electron chi connectivity index (χ3n) is 4.58. The van der Waals surface area contributed by atoms with Crippen LogP contribution in [0.5, 0.6) is 0 Å². The maximum Gasteiger partial charge on any atom is 0.0949 e. The van der Waals surface area contributed by atoms with Gasteiger partial charge in [-0.3, -0.25) is 4.90 Å². The average molecular weight is 346 g/mol. The molecule has 0 saturated carbocycles. The number of benzene rings is 1. The molecular formula is C19H27N3OS. The van der Waals surface area contributed by atoms with E-state index in [0.29, 0.717) is 0 Å². The van der Waals surface area contributed by atoms with Gasteiger partial charge in [0.2, 0.25) is 0 Å². The molecule has 0 N–H and O–H groups in total. The van der Waals surface area contributed by atoms with E-state index in [-0.39, 0.29) is 0 Å². The molecular weight excluding hydrogens is 318 g/mol. The minimum absolute atomic E-state index is 0.735. The Kier molecular flexibility index (Phi) is 6.35. The zero-order valence-electron chi connectivity index (χ0n) is 14.6. The molecule has 0 spiro atoms. The van der Waals surface area contributed by atoms with Gasteiger partial charge in [0.25, 0.3) is 0 Å². The van der Waals surface area contributed by atoms with Crippen molar-refractivity contribution in [2.24, 2.45) is 0 Å². The van der Waals surface area contributed by atoms with Gasteiger partial charge in [-0.15, -0.1) is 11.8 Å². The first-order valence-electron chi connectivity index (χ1n) is 8.68. The summed E-state index contributed by atoms with van der Waals surface area (Å²) in [5, 5.41) is 0.738. The van der Waals surface area contributed by atoms with Gasteiger partial charge in [-0.05, 0) is 45.0 Å². The van der Waals surface area contributed by atoms with Crippen LogP contribution in [-0.2, 0) is 17.8 Å². The van der Waals surface area contributed by atoms with Crippen molar-refractivity contribution in [2.75, 3.05) is 26.8 Å². The maximum absolute atomic E-state index is 5.17. The number of hydrogen-bond acceptors (Lipinski definition) is 4. The van der Waals surface area contributed by atoms with Gasteiger partial charge in [0.1, 0.15) is 0 Å². The number of likely N-dealkylation sites (tertiary alicyclic amines) is 1. The number of aromatic nitrogens is 2. The van der Waals surface area contributed by atoms with Gasteiger partial charge < -0.3 is 9.30 Å². The van der Waals surface area contributed by atoms with Gasteiger partial charge in [-0.1, -0.05) is 17.7 Å². The molecule has 3 rings (SSSR count). The topological polar surface area (TPSA) is 30.3 Å². The van der Waals surface area contributed by atoms with Crippen LogP contribution >= 0.6 is 11.8 Å². The summed E-state index contributed by atoms with van der Waals surface area (Å²) in [7, 11) is 1.74. The van der Waals surface area contributed by atoms with E-state index in [4.69, 9.17) is 4.74 Å². The van der Waals surface area contributed by atoms with Crippen molar-refractivity contribution in [2.45, 2.75) is 43.0 Å². The van der Waals surface area contributed by atoms with Gasteiger partial charge in [-0.25, -0.2) is 4.98 Å². The molecule has 5 heteroatoms. The lowest BCUT2D eigenvalue weighted by molar-refractivity contribution is 0.182. The van der Waals surface area contributed by atoms with E-state index in [0.717, 1.165) is 24.9 Å². The number of ether oxygens (including phenoxy) is 1. The van der Waals surface area contributed by atoms with Crippen molar-refractivity contribution in [3.05, 3.63) is 48.0 Å². The van der Waals surface area contributed by atoms with Crippen LogP contribution in [0, 0.1) is 6.92 Å². The summed E-state index contributed by atoms with van der Waals surface area (Å²) < 4.78 is 7.38. The quantitative estimate of drug-likeness (QED) is 0.767. The van der Waals surface area contributed by atoms with Crippen molar-refractivity contribution < 1.29 is 4.74 Å². The molecule has 1 aromatic heterocycles. The third kappa shape index (κ3) is 4.85. The molecule has 0 atom stereocenters. The minimum Gasteiger partial charge on any atom is -0.383 e. The summed E-state index contributed by atoms with van der Waals surface area (Å²) >= 11 is 2.04. The molecule has 4 nitrogen and oxygen atoms in total. The first kappa shape index (κ1) is 17.5. The monoisotopic (exact) mass is 345 g/mol. The number of methoxy groups -OCH3 is 1. The van der Waals surface area contributed by atoms with Crippen molar-refractivity contribution in [1.82, 2.24) is 14.5 Å². The van der Waals surface area contributed by atoms with E-state index >= 15 is 0 Å². The van der Waals surface area contributed by atoms with Crippen LogP contribution in [0.1, 0.15) is 24.1 Å². The first-order chi connectivity index (χ1) is 11.7. The number of imidazole rings is 1. The van der Waals surface area contributed by atoms with E-state index in [1.165, 1.54) is 42.1 Å². The highest BCUT2D eigenvalue weighted by molar-refractivity contribution is 8.00. The lowest BCUT2D eigenvalue weighted by Gasteiger charge is -2.31. The lowest BCUT2D eigenvalue weighted by atomic mass is 10.1. The van der Waals surface area contributed by atoms with Crippen LogP contribution in [0.25, 0.3) is 0 Å². The highest BCUT2D eigenvalue weighted by atomic mass is 32.2. The Morgan fingerprint density at radius 1 is 1.21 bits per heavy atom. The highest BCUT2D eigenvalue weighted by Crippen LogP contribution is 2.30. The maximum atomic E-state index is 5.17. The Morgan fingerprint density at radius 2 is 1.96 bits per heavy atom. The fourth-order valence-electron chi connectivity index (χ4n) is 3.09. The second kappa shape index (κ2) is 8.70. The van der Waals surface area contributed by atoms with Crippen LogP contribution in [0.15, 0.2) is 41.7 Å². The molecule has 1 aliphatic heterocycles. The van der Waals surface area contributed by atoms with Crippen molar-refractivity contribution in [1.29, 1.82) is 0 Å². The zero-order valence-corrected chi connectivity index (χ0v) is 15.5. The Morgan fingerprint density at radius 3 is 2.67 bits per heavy atom. The summed E-state index contributed by atoms with van der Waals surface area (Å²) in [5.74, 6) is 0. The van der Waals surface area contributed by atoms with Crippen LogP contribution in [0.2, 0.25) is 0 Å². The molecule has 0 amide bonds. The Labute approximate surface area is 149 Å². The third-order valence-corrected chi connectivity index (χ3v) is 5.93. The number of aryl methyl sites for hydroxylation is 1. The SMILES string of the molecule is COCCn1cncc1CN1CCC(Sc2ccc(C)cc2)CC1. The molecule has 130 valence electrons. The van der Waals surface area contributed by atoms with Crippen LogP contribution in [0.4, 0.5) is 0 Å². The molecule has 0 unspecified atom stereocenters. The zero-order chi connectivity index (χ0) is 16.8. The fraction of sp³-hybridized carbons (Fsp3) is 0.526. The summed E-state index contributed by atoms with van der Waals surface area (Å²) in [6.45, 7) is 7.08. The van der Waals surface area contributed by atoms with Gasteiger partial charge >= 0.3 is 0 Å². The van der Waals surface area contributed by atoms with E-state index < -0.39 is 0 Å². The molecule has 1 saturated heterocycles. The molecule has 1 aromatic carbocycles.